The molecule has 0 spiro atoms. The first-order valence-corrected chi connectivity index (χ1v) is 6.93. The number of hydrogen-bond donors (Lipinski definition) is 2. The van der Waals surface area contributed by atoms with Gasteiger partial charge in [0.2, 0.25) is 0 Å². The van der Waals surface area contributed by atoms with Crippen molar-refractivity contribution in [1.29, 1.82) is 0 Å². The number of nitrogens with zero attached hydrogens (tertiary/aromatic N) is 3. The van der Waals surface area contributed by atoms with E-state index in [2.05, 4.69) is 14.8 Å². The standard InChI is InChI=1S/C14H21N3O3/c18-9-8-16-4-1-5-17(7-6-16)11-13-3-2-12(10-15-13)14(19)20/h2-3,10,18H,1,4-9,11H2,(H,19,20). The Labute approximate surface area is 118 Å². The highest BCUT2D eigenvalue weighted by Gasteiger charge is 2.15. The van der Waals surface area contributed by atoms with Gasteiger partial charge in [0.15, 0.2) is 0 Å². The predicted molar refractivity (Wildman–Crippen MR) is 74.6 cm³/mol. The number of carboxylic acids is 1. The third-order valence-electron chi connectivity index (χ3n) is 3.55. The number of aromatic nitrogens is 1. The highest BCUT2D eigenvalue weighted by atomic mass is 16.4. The minimum absolute atomic E-state index is 0.207. The van der Waals surface area contributed by atoms with Crippen molar-refractivity contribution in [3.63, 3.8) is 0 Å². The van der Waals surface area contributed by atoms with Gasteiger partial charge in [0, 0.05) is 32.4 Å². The Hall–Kier alpha value is -1.50. The number of rotatable bonds is 5. The Morgan fingerprint density at radius 2 is 1.95 bits per heavy atom. The topological polar surface area (TPSA) is 76.9 Å². The Balaban J connectivity index is 1.88. The summed E-state index contributed by atoms with van der Waals surface area (Å²) in [5.41, 5.74) is 1.12. The number of aliphatic hydroxyl groups is 1. The molecule has 1 fully saturated rings. The molecule has 0 bridgehead atoms. The van der Waals surface area contributed by atoms with Crippen LogP contribution in [0.5, 0.6) is 0 Å². The molecule has 2 heterocycles. The lowest BCUT2D eigenvalue weighted by atomic mass is 10.2. The van der Waals surface area contributed by atoms with Gasteiger partial charge in [-0.05, 0) is 31.6 Å². The number of carbonyl (C=O) groups is 1. The van der Waals surface area contributed by atoms with E-state index < -0.39 is 5.97 Å². The molecule has 6 nitrogen and oxygen atoms in total. The van der Waals surface area contributed by atoms with E-state index in [1.165, 1.54) is 6.20 Å². The zero-order valence-electron chi connectivity index (χ0n) is 11.5. The van der Waals surface area contributed by atoms with Crippen LogP contribution in [0.2, 0.25) is 0 Å². The first-order valence-electron chi connectivity index (χ1n) is 6.93. The van der Waals surface area contributed by atoms with Crippen LogP contribution in [0.25, 0.3) is 0 Å². The lowest BCUT2D eigenvalue weighted by molar-refractivity contribution is 0.0696. The van der Waals surface area contributed by atoms with E-state index in [0.717, 1.165) is 51.4 Å². The van der Waals surface area contributed by atoms with Crippen LogP contribution in [-0.4, -0.2) is 70.3 Å². The van der Waals surface area contributed by atoms with Gasteiger partial charge in [-0.3, -0.25) is 14.8 Å². The maximum Gasteiger partial charge on any atom is 0.337 e. The van der Waals surface area contributed by atoms with Gasteiger partial charge >= 0.3 is 5.97 Å². The molecule has 0 amide bonds. The van der Waals surface area contributed by atoms with Crippen LogP contribution < -0.4 is 0 Å². The van der Waals surface area contributed by atoms with E-state index in [1.807, 2.05) is 0 Å². The highest BCUT2D eigenvalue weighted by molar-refractivity contribution is 5.87. The smallest absolute Gasteiger partial charge is 0.337 e. The van der Waals surface area contributed by atoms with Crippen molar-refractivity contribution in [2.45, 2.75) is 13.0 Å². The van der Waals surface area contributed by atoms with E-state index in [-0.39, 0.29) is 12.2 Å². The summed E-state index contributed by atoms with van der Waals surface area (Å²) in [7, 11) is 0. The Morgan fingerprint density at radius 3 is 2.60 bits per heavy atom. The van der Waals surface area contributed by atoms with Gasteiger partial charge < -0.3 is 10.2 Å². The van der Waals surface area contributed by atoms with E-state index in [4.69, 9.17) is 10.2 Å². The zero-order valence-corrected chi connectivity index (χ0v) is 11.5. The third kappa shape index (κ3) is 4.26. The maximum atomic E-state index is 10.8. The summed E-state index contributed by atoms with van der Waals surface area (Å²) in [5.74, 6) is -0.946. The first-order chi connectivity index (χ1) is 9.69. The second-order valence-corrected chi connectivity index (χ2v) is 5.04. The van der Waals surface area contributed by atoms with Crippen LogP contribution >= 0.6 is 0 Å². The molecule has 1 aliphatic rings. The highest BCUT2D eigenvalue weighted by Crippen LogP contribution is 2.08. The molecule has 0 aliphatic carbocycles. The normalized spacial score (nSPS) is 17.9. The number of carboxylic acid groups (broad SMARTS) is 1. The average Bonchev–Trinajstić information content (AvgIpc) is 2.66. The van der Waals surface area contributed by atoms with Gasteiger partial charge in [0.25, 0.3) is 0 Å². The molecule has 1 aliphatic heterocycles. The lowest BCUT2D eigenvalue weighted by Gasteiger charge is -2.20. The van der Waals surface area contributed by atoms with Crippen molar-refractivity contribution in [2.24, 2.45) is 0 Å². The fourth-order valence-corrected chi connectivity index (χ4v) is 2.42. The molecule has 1 aromatic rings. The minimum Gasteiger partial charge on any atom is -0.478 e. The number of aromatic carboxylic acids is 1. The number of pyridine rings is 1. The predicted octanol–water partition coefficient (Wildman–Crippen LogP) is 0.280. The van der Waals surface area contributed by atoms with Gasteiger partial charge in [0.05, 0.1) is 17.9 Å². The van der Waals surface area contributed by atoms with Crippen molar-refractivity contribution in [2.75, 3.05) is 39.3 Å². The van der Waals surface area contributed by atoms with Gasteiger partial charge in [-0.15, -0.1) is 0 Å². The Bertz CT molecular complexity index is 436. The fourth-order valence-electron chi connectivity index (χ4n) is 2.42. The Kier molecular flexibility index (Phi) is 5.46. The monoisotopic (exact) mass is 279 g/mol. The first kappa shape index (κ1) is 14.9. The van der Waals surface area contributed by atoms with Crippen LogP contribution in [0.1, 0.15) is 22.5 Å². The van der Waals surface area contributed by atoms with E-state index in [1.54, 1.807) is 12.1 Å². The van der Waals surface area contributed by atoms with Gasteiger partial charge in [-0.1, -0.05) is 0 Å². The van der Waals surface area contributed by atoms with Gasteiger partial charge in [0.1, 0.15) is 0 Å². The molecule has 2 rings (SSSR count). The van der Waals surface area contributed by atoms with E-state index in [0.29, 0.717) is 0 Å². The van der Waals surface area contributed by atoms with Gasteiger partial charge in [-0.25, -0.2) is 4.79 Å². The molecule has 110 valence electrons. The van der Waals surface area contributed by atoms with Crippen molar-refractivity contribution < 1.29 is 15.0 Å². The average molecular weight is 279 g/mol. The second kappa shape index (κ2) is 7.33. The number of β-amino-alcohol motifs (C(OH)–C–C–N with tert-alkyl or cyclic N) is 1. The molecule has 20 heavy (non-hydrogen) atoms. The number of aliphatic hydroxyl groups excluding tert-OH is 1. The second-order valence-electron chi connectivity index (χ2n) is 5.04. The van der Waals surface area contributed by atoms with Crippen LogP contribution in [-0.2, 0) is 6.54 Å². The summed E-state index contributed by atoms with van der Waals surface area (Å²) >= 11 is 0. The molecule has 6 heteroatoms. The van der Waals surface area contributed by atoms with Crippen molar-refractivity contribution in [3.8, 4) is 0 Å². The molecule has 2 N–H and O–H groups in total. The largest absolute Gasteiger partial charge is 0.478 e. The molecule has 0 saturated carbocycles. The summed E-state index contributed by atoms with van der Waals surface area (Å²) < 4.78 is 0. The van der Waals surface area contributed by atoms with Crippen molar-refractivity contribution >= 4 is 5.97 Å². The molecule has 0 atom stereocenters. The fraction of sp³-hybridized carbons (Fsp3) is 0.571. The van der Waals surface area contributed by atoms with E-state index >= 15 is 0 Å². The SMILES string of the molecule is O=C(O)c1ccc(CN2CCCN(CCO)CC2)nc1. The molecular weight excluding hydrogens is 258 g/mol. The lowest BCUT2D eigenvalue weighted by Crippen LogP contribution is -2.32. The molecule has 1 aromatic heterocycles. The van der Waals surface area contributed by atoms with Crippen molar-refractivity contribution in [3.05, 3.63) is 29.6 Å². The summed E-state index contributed by atoms with van der Waals surface area (Å²) in [4.78, 5) is 19.6. The molecular formula is C14H21N3O3. The van der Waals surface area contributed by atoms with E-state index in [9.17, 15) is 4.79 Å². The Morgan fingerprint density at radius 1 is 1.20 bits per heavy atom. The quantitative estimate of drug-likeness (QED) is 0.806. The summed E-state index contributed by atoms with van der Waals surface area (Å²) in [6, 6.07) is 3.38. The molecule has 0 unspecified atom stereocenters. The summed E-state index contributed by atoms with van der Waals surface area (Å²) in [5, 5.41) is 17.8. The summed E-state index contributed by atoms with van der Waals surface area (Å²) in [6.07, 6.45) is 2.49. The zero-order chi connectivity index (χ0) is 14.4. The van der Waals surface area contributed by atoms with Crippen LogP contribution in [0.3, 0.4) is 0 Å². The molecule has 0 radical (unpaired) electrons. The van der Waals surface area contributed by atoms with Crippen LogP contribution in [0.4, 0.5) is 0 Å². The van der Waals surface area contributed by atoms with Crippen LogP contribution in [0.15, 0.2) is 18.3 Å². The van der Waals surface area contributed by atoms with Crippen LogP contribution in [0, 0.1) is 0 Å². The van der Waals surface area contributed by atoms with Crippen molar-refractivity contribution in [1.82, 2.24) is 14.8 Å². The minimum atomic E-state index is -0.946. The maximum absolute atomic E-state index is 10.8. The van der Waals surface area contributed by atoms with Gasteiger partial charge in [-0.2, -0.15) is 0 Å². The third-order valence-corrected chi connectivity index (χ3v) is 3.55. The number of hydrogen-bond acceptors (Lipinski definition) is 5. The molecule has 1 saturated heterocycles. The summed E-state index contributed by atoms with van der Waals surface area (Å²) in [6.45, 7) is 5.60. The molecule has 0 aromatic carbocycles.